The number of hydrogen-bond acceptors (Lipinski definition) is 2. The van der Waals surface area contributed by atoms with E-state index in [2.05, 4.69) is 31.2 Å². The fourth-order valence-corrected chi connectivity index (χ4v) is 2.08. The molecule has 0 bridgehead atoms. The Hall–Kier alpha value is 0.586. The summed E-state index contributed by atoms with van der Waals surface area (Å²) in [6, 6.07) is 0. The summed E-state index contributed by atoms with van der Waals surface area (Å²) in [5.41, 5.74) is 0. The first kappa shape index (κ1) is 23.8. The zero-order valence-corrected chi connectivity index (χ0v) is 17.2. The second-order valence-electron chi connectivity index (χ2n) is 5.35. The zero-order chi connectivity index (χ0) is 14.9. The molecule has 0 saturated heterocycles. The maximum absolute atomic E-state index is 10.2. The van der Waals surface area contributed by atoms with Crippen molar-refractivity contribution in [3.8, 4) is 0 Å². The van der Waals surface area contributed by atoms with Crippen LogP contribution in [0.3, 0.4) is 0 Å². The average Bonchev–Trinajstić information content (AvgIpc) is 2.43. The SMILES string of the molecule is CCCCC/C=C/C/C=C\CCCCCCCC(=O)[O-].[K+]. The monoisotopic (exact) mass is 318 g/mol. The fourth-order valence-electron chi connectivity index (χ4n) is 2.08. The Morgan fingerprint density at radius 3 is 1.90 bits per heavy atom. The summed E-state index contributed by atoms with van der Waals surface area (Å²) in [5, 5.41) is 10.2. The van der Waals surface area contributed by atoms with Crippen molar-refractivity contribution in [3.63, 3.8) is 0 Å². The molecule has 0 N–H and O–H groups in total. The van der Waals surface area contributed by atoms with Gasteiger partial charge in [-0.2, -0.15) is 0 Å². The number of rotatable bonds is 14. The van der Waals surface area contributed by atoms with Crippen molar-refractivity contribution in [3.05, 3.63) is 24.3 Å². The minimum atomic E-state index is -0.921. The molecular weight excluding hydrogens is 287 g/mol. The summed E-state index contributed by atoms with van der Waals surface area (Å²) in [5.74, 6) is -0.921. The van der Waals surface area contributed by atoms with Crippen molar-refractivity contribution in [1.29, 1.82) is 0 Å². The minimum Gasteiger partial charge on any atom is -0.550 e. The molecule has 0 saturated carbocycles. The second-order valence-corrected chi connectivity index (χ2v) is 5.35. The van der Waals surface area contributed by atoms with E-state index in [0.717, 1.165) is 32.1 Å². The summed E-state index contributed by atoms with van der Waals surface area (Å²) >= 11 is 0. The Morgan fingerprint density at radius 1 is 0.810 bits per heavy atom. The third kappa shape index (κ3) is 23.0. The van der Waals surface area contributed by atoms with Gasteiger partial charge in [0.25, 0.3) is 0 Å². The quantitative estimate of drug-likeness (QED) is 0.277. The summed E-state index contributed by atoms with van der Waals surface area (Å²) in [4.78, 5) is 10.2. The van der Waals surface area contributed by atoms with Crippen molar-refractivity contribution in [2.75, 3.05) is 0 Å². The number of unbranched alkanes of at least 4 members (excludes halogenated alkanes) is 8. The molecule has 0 rings (SSSR count). The van der Waals surface area contributed by atoms with E-state index in [1.54, 1.807) is 0 Å². The Bertz CT molecular complexity index is 272. The molecular formula is C18H31KO2. The van der Waals surface area contributed by atoms with E-state index in [9.17, 15) is 9.90 Å². The first-order valence-corrected chi connectivity index (χ1v) is 8.27. The number of carbonyl (C=O) groups excluding carboxylic acids is 1. The van der Waals surface area contributed by atoms with Crippen LogP contribution in [0.25, 0.3) is 0 Å². The van der Waals surface area contributed by atoms with Crippen LogP contribution < -0.4 is 56.5 Å². The van der Waals surface area contributed by atoms with Crippen LogP contribution in [0, 0.1) is 0 Å². The Morgan fingerprint density at radius 2 is 1.33 bits per heavy atom. The zero-order valence-electron chi connectivity index (χ0n) is 14.1. The van der Waals surface area contributed by atoms with E-state index in [4.69, 9.17) is 0 Å². The fraction of sp³-hybridized carbons (Fsp3) is 0.722. The first-order valence-electron chi connectivity index (χ1n) is 8.27. The van der Waals surface area contributed by atoms with E-state index >= 15 is 0 Å². The summed E-state index contributed by atoms with van der Waals surface area (Å²) in [6.07, 6.45) is 21.9. The molecule has 0 fully saturated rings. The van der Waals surface area contributed by atoms with E-state index < -0.39 is 5.97 Å². The normalized spacial score (nSPS) is 11.1. The van der Waals surface area contributed by atoms with Gasteiger partial charge >= 0.3 is 51.4 Å². The van der Waals surface area contributed by atoms with Crippen molar-refractivity contribution >= 4 is 5.97 Å². The van der Waals surface area contributed by atoms with Gasteiger partial charge in [0.15, 0.2) is 0 Å². The van der Waals surface area contributed by atoms with Crippen LogP contribution in [0.5, 0.6) is 0 Å². The molecule has 0 atom stereocenters. The van der Waals surface area contributed by atoms with E-state index in [1.807, 2.05) is 0 Å². The van der Waals surface area contributed by atoms with Crippen LogP contribution in [0.15, 0.2) is 24.3 Å². The maximum Gasteiger partial charge on any atom is 1.00 e. The smallest absolute Gasteiger partial charge is 0.550 e. The Kier molecular flexibility index (Phi) is 23.4. The van der Waals surface area contributed by atoms with Crippen LogP contribution >= 0.6 is 0 Å². The van der Waals surface area contributed by atoms with Crippen LogP contribution in [-0.2, 0) is 4.79 Å². The molecule has 21 heavy (non-hydrogen) atoms. The van der Waals surface area contributed by atoms with Gasteiger partial charge in [-0.25, -0.2) is 0 Å². The number of hydrogen-bond donors (Lipinski definition) is 0. The molecule has 0 unspecified atom stereocenters. The van der Waals surface area contributed by atoms with Gasteiger partial charge in [-0.05, 0) is 44.9 Å². The number of aliphatic carboxylic acids is 1. The molecule has 0 amide bonds. The van der Waals surface area contributed by atoms with Gasteiger partial charge in [0.2, 0.25) is 0 Å². The molecule has 0 spiro atoms. The van der Waals surface area contributed by atoms with Crippen molar-refractivity contribution in [2.24, 2.45) is 0 Å². The van der Waals surface area contributed by atoms with E-state index in [1.165, 1.54) is 38.5 Å². The molecule has 3 heteroatoms. The molecule has 0 heterocycles. The maximum atomic E-state index is 10.2. The molecule has 0 aromatic carbocycles. The number of carbonyl (C=O) groups is 1. The topological polar surface area (TPSA) is 40.1 Å². The van der Waals surface area contributed by atoms with Gasteiger partial charge in [0.05, 0.1) is 0 Å². The molecule has 0 aliphatic heterocycles. The van der Waals surface area contributed by atoms with Gasteiger partial charge in [0, 0.05) is 5.97 Å². The van der Waals surface area contributed by atoms with Gasteiger partial charge in [-0.15, -0.1) is 0 Å². The van der Waals surface area contributed by atoms with Crippen molar-refractivity contribution in [2.45, 2.75) is 84.0 Å². The molecule has 0 aliphatic carbocycles. The Balaban J connectivity index is 0. The van der Waals surface area contributed by atoms with Crippen molar-refractivity contribution < 1.29 is 61.3 Å². The number of carboxylic acids is 1. The average molecular weight is 319 g/mol. The minimum absolute atomic E-state index is 0. The largest absolute Gasteiger partial charge is 1.00 e. The van der Waals surface area contributed by atoms with Crippen LogP contribution in [0.1, 0.15) is 84.0 Å². The number of allylic oxidation sites excluding steroid dienone is 4. The summed E-state index contributed by atoms with van der Waals surface area (Å²) < 4.78 is 0. The summed E-state index contributed by atoms with van der Waals surface area (Å²) in [6.45, 7) is 2.23. The van der Waals surface area contributed by atoms with Crippen LogP contribution in [-0.4, -0.2) is 5.97 Å². The molecule has 0 aromatic heterocycles. The third-order valence-corrected chi connectivity index (χ3v) is 3.33. The first-order chi connectivity index (χ1) is 9.77. The Labute approximate surface area is 173 Å². The van der Waals surface area contributed by atoms with Crippen molar-refractivity contribution in [1.82, 2.24) is 0 Å². The standard InChI is InChI=1S/C18H32O2.K/c1-2-3-4-5-6-7-8-9-10-11-12-13-14-15-16-17-18(19)20;/h6-7,9-10H,2-5,8,11-17H2,1H3,(H,19,20);/q;+1/p-1/b7-6+,10-9-;. The molecule has 116 valence electrons. The number of carboxylic acid groups (broad SMARTS) is 1. The van der Waals surface area contributed by atoms with Gasteiger partial charge in [-0.3, -0.25) is 0 Å². The van der Waals surface area contributed by atoms with Gasteiger partial charge < -0.3 is 9.90 Å². The predicted octanol–water partition coefficient (Wildman–Crippen LogP) is 1.55. The predicted molar refractivity (Wildman–Crippen MR) is 84.4 cm³/mol. The van der Waals surface area contributed by atoms with Gasteiger partial charge in [0.1, 0.15) is 0 Å². The summed E-state index contributed by atoms with van der Waals surface area (Å²) in [7, 11) is 0. The molecule has 2 nitrogen and oxygen atoms in total. The molecule has 0 aromatic rings. The third-order valence-electron chi connectivity index (χ3n) is 3.33. The molecule has 0 radical (unpaired) electrons. The van der Waals surface area contributed by atoms with E-state index in [0.29, 0.717) is 0 Å². The van der Waals surface area contributed by atoms with Crippen LogP contribution in [0.2, 0.25) is 0 Å². The molecule has 0 aliphatic rings. The second kappa shape index (κ2) is 20.6. The van der Waals surface area contributed by atoms with Gasteiger partial charge in [-0.1, -0.05) is 63.3 Å². The van der Waals surface area contributed by atoms with Crippen LogP contribution in [0.4, 0.5) is 0 Å². The van der Waals surface area contributed by atoms with E-state index in [-0.39, 0.29) is 57.8 Å².